The fraction of sp³-hybridized carbons (Fsp3) is 0.222. The van der Waals surface area contributed by atoms with E-state index >= 15 is 0 Å². The first-order valence-electron chi connectivity index (χ1n) is 7.56. The van der Waals surface area contributed by atoms with Crippen LogP contribution in [0.25, 0.3) is 16.9 Å². The lowest BCUT2D eigenvalue weighted by Gasteiger charge is -2.05. The van der Waals surface area contributed by atoms with E-state index < -0.39 is 0 Å². The first kappa shape index (κ1) is 13.1. The highest BCUT2D eigenvalue weighted by Gasteiger charge is 2.38. The third kappa shape index (κ3) is 2.37. The predicted molar refractivity (Wildman–Crippen MR) is 86.5 cm³/mol. The standard InChI is InChI=1S/C18H17N3O/c1-12-10-15(12)18(22)19-14-7-5-13(6-8-14)16-11-21-9-3-2-4-17(21)20-16/h2-9,11-12,15H,10H2,1H3,(H,19,22)/t12-,15-/m0/s1. The molecule has 22 heavy (non-hydrogen) atoms. The fourth-order valence-electron chi connectivity index (χ4n) is 2.72. The Morgan fingerprint density at radius 3 is 2.68 bits per heavy atom. The van der Waals surface area contributed by atoms with Gasteiger partial charge in [-0.3, -0.25) is 4.79 Å². The summed E-state index contributed by atoms with van der Waals surface area (Å²) < 4.78 is 2.00. The molecule has 2 atom stereocenters. The average Bonchev–Trinajstić information content (AvgIpc) is 3.11. The third-order valence-electron chi connectivity index (χ3n) is 4.26. The zero-order chi connectivity index (χ0) is 15.1. The van der Waals surface area contributed by atoms with Crippen LogP contribution in [-0.2, 0) is 4.79 Å². The number of hydrogen-bond donors (Lipinski definition) is 1. The summed E-state index contributed by atoms with van der Waals surface area (Å²) in [5.74, 6) is 0.850. The summed E-state index contributed by atoms with van der Waals surface area (Å²) in [5.41, 5.74) is 3.75. The summed E-state index contributed by atoms with van der Waals surface area (Å²) in [6, 6.07) is 13.8. The van der Waals surface area contributed by atoms with Crippen molar-refractivity contribution in [3.63, 3.8) is 0 Å². The zero-order valence-electron chi connectivity index (χ0n) is 12.4. The molecule has 0 spiro atoms. The highest BCUT2D eigenvalue weighted by atomic mass is 16.2. The predicted octanol–water partition coefficient (Wildman–Crippen LogP) is 3.60. The van der Waals surface area contributed by atoms with E-state index in [9.17, 15) is 4.79 Å². The van der Waals surface area contributed by atoms with Gasteiger partial charge >= 0.3 is 0 Å². The number of pyridine rings is 1. The Hall–Kier alpha value is -2.62. The van der Waals surface area contributed by atoms with Crippen LogP contribution in [0.4, 0.5) is 5.69 Å². The van der Waals surface area contributed by atoms with Crippen molar-refractivity contribution < 1.29 is 4.79 Å². The van der Waals surface area contributed by atoms with E-state index in [0.29, 0.717) is 5.92 Å². The van der Waals surface area contributed by atoms with Crippen molar-refractivity contribution in [2.75, 3.05) is 5.32 Å². The van der Waals surface area contributed by atoms with Crippen LogP contribution in [0.3, 0.4) is 0 Å². The second kappa shape index (κ2) is 4.98. The molecular formula is C18H17N3O. The lowest BCUT2D eigenvalue weighted by atomic mass is 10.1. The molecule has 4 rings (SSSR count). The van der Waals surface area contributed by atoms with Crippen molar-refractivity contribution in [3.8, 4) is 11.3 Å². The second-order valence-corrected chi connectivity index (χ2v) is 5.98. The normalized spacial score (nSPS) is 20.0. The van der Waals surface area contributed by atoms with Crippen LogP contribution in [0, 0.1) is 11.8 Å². The Labute approximate surface area is 128 Å². The summed E-state index contributed by atoms with van der Waals surface area (Å²) in [6.07, 6.45) is 5.00. The topological polar surface area (TPSA) is 46.4 Å². The highest BCUT2D eigenvalue weighted by molar-refractivity contribution is 5.94. The smallest absolute Gasteiger partial charge is 0.227 e. The van der Waals surface area contributed by atoms with E-state index in [1.165, 1.54) is 0 Å². The molecule has 1 saturated carbocycles. The maximum atomic E-state index is 11.9. The number of imidazole rings is 1. The molecule has 0 bridgehead atoms. The van der Waals surface area contributed by atoms with E-state index in [4.69, 9.17) is 0 Å². The van der Waals surface area contributed by atoms with Crippen molar-refractivity contribution in [3.05, 3.63) is 54.9 Å². The lowest BCUT2D eigenvalue weighted by Crippen LogP contribution is -2.14. The zero-order valence-corrected chi connectivity index (χ0v) is 12.4. The van der Waals surface area contributed by atoms with Gasteiger partial charge in [0.2, 0.25) is 5.91 Å². The van der Waals surface area contributed by atoms with Gasteiger partial charge in [0.1, 0.15) is 5.65 Å². The molecule has 4 nitrogen and oxygen atoms in total. The van der Waals surface area contributed by atoms with E-state index in [2.05, 4.69) is 17.2 Å². The molecule has 0 unspecified atom stereocenters. The number of anilines is 1. The minimum absolute atomic E-state index is 0.132. The van der Waals surface area contributed by atoms with Gasteiger partial charge in [-0.15, -0.1) is 0 Å². The fourth-order valence-corrected chi connectivity index (χ4v) is 2.72. The number of hydrogen-bond acceptors (Lipinski definition) is 2. The van der Waals surface area contributed by atoms with Crippen molar-refractivity contribution in [1.29, 1.82) is 0 Å². The molecule has 0 radical (unpaired) electrons. The van der Waals surface area contributed by atoms with Gasteiger partial charge in [0, 0.05) is 29.6 Å². The monoisotopic (exact) mass is 291 g/mol. The van der Waals surface area contributed by atoms with Gasteiger partial charge in [0.15, 0.2) is 0 Å². The minimum Gasteiger partial charge on any atom is -0.326 e. The second-order valence-electron chi connectivity index (χ2n) is 5.98. The Balaban J connectivity index is 1.54. The summed E-state index contributed by atoms with van der Waals surface area (Å²) in [4.78, 5) is 16.5. The van der Waals surface area contributed by atoms with Crippen LogP contribution in [-0.4, -0.2) is 15.3 Å². The molecule has 3 aromatic rings. The Morgan fingerprint density at radius 2 is 2.00 bits per heavy atom. The number of amides is 1. The average molecular weight is 291 g/mol. The number of nitrogens with zero attached hydrogens (tertiary/aromatic N) is 2. The number of carbonyl (C=O) groups is 1. The quantitative estimate of drug-likeness (QED) is 0.801. The molecule has 1 fully saturated rings. The van der Waals surface area contributed by atoms with Crippen molar-refractivity contribution >= 4 is 17.2 Å². The number of carbonyl (C=O) groups excluding carboxylic acids is 1. The SMILES string of the molecule is C[C@H]1C[C@@H]1C(=O)Nc1ccc(-c2cn3ccccc3n2)cc1. The van der Waals surface area contributed by atoms with Gasteiger partial charge in [-0.25, -0.2) is 4.98 Å². The van der Waals surface area contributed by atoms with Gasteiger partial charge < -0.3 is 9.72 Å². The van der Waals surface area contributed by atoms with Gasteiger partial charge in [-0.05, 0) is 36.6 Å². The molecule has 2 heterocycles. The highest BCUT2D eigenvalue weighted by Crippen LogP contribution is 2.38. The maximum absolute atomic E-state index is 11.9. The van der Waals surface area contributed by atoms with Crippen molar-refractivity contribution in [2.24, 2.45) is 11.8 Å². The molecule has 0 saturated heterocycles. The number of rotatable bonds is 3. The van der Waals surface area contributed by atoms with E-state index in [-0.39, 0.29) is 11.8 Å². The molecule has 4 heteroatoms. The van der Waals surface area contributed by atoms with Crippen molar-refractivity contribution in [1.82, 2.24) is 9.38 Å². The van der Waals surface area contributed by atoms with E-state index in [1.54, 1.807) is 0 Å². The molecule has 1 N–H and O–H groups in total. The van der Waals surface area contributed by atoms with Gasteiger partial charge in [-0.1, -0.05) is 25.1 Å². The van der Waals surface area contributed by atoms with Gasteiger partial charge in [0.25, 0.3) is 0 Å². The van der Waals surface area contributed by atoms with Gasteiger partial charge in [0.05, 0.1) is 5.69 Å². The Kier molecular flexibility index (Phi) is 2.96. The maximum Gasteiger partial charge on any atom is 0.227 e. The minimum atomic E-state index is 0.132. The number of benzene rings is 1. The van der Waals surface area contributed by atoms with Crippen LogP contribution in [0.5, 0.6) is 0 Å². The van der Waals surface area contributed by atoms with Crippen LogP contribution in [0.2, 0.25) is 0 Å². The molecule has 1 aliphatic rings. The molecule has 1 amide bonds. The molecule has 1 aliphatic carbocycles. The molecule has 0 aliphatic heterocycles. The number of aromatic nitrogens is 2. The van der Waals surface area contributed by atoms with Crippen LogP contribution in [0.1, 0.15) is 13.3 Å². The largest absolute Gasteiger partial charge is 0.326 e. The number of nitrogens with one attached hydrogen (secondary N) is 1. The lowest BCUT2D eigenvalue weighted by molar-refractivity contribution is -0.117. The first-order chi connectivity index (χ1) is 10.7. The summed E-state index contributed by atoms with van der Waals surface area (Å²) in [5, 5.41) is 2.97. The number of fused-ring (bicyclic) bond motifs is 1. The van der Waals surface area contributed by atoms with Crippen LogP contribution < -0.4 is 5.32 Å². The molecule has 1 aromatic carbocycles. The van der Waals surface area contributed by atoms with E-state index in [0.717, 1.165) is 29.0 Å². The molecular weight excluding hydrogens is 274 g/mol. The third-order valence-corrected chi connectivity index (χ3v) is 4.26. The molecule has 2 aromatic heterocycles. The molecule has 110 valence electrons. The first-order valence-corrected chi connectivity index (χ1v) is 7.56. The van der Waals surface area contributed by atoms with E-state index in [1.807, 2.05) is 59.3 Å². The Morgan fingerprint density at radius 1 is 1.23 bits per heavy atom. The van der Waals surface area contributed by atoms with Crippen molar-refractivity contribution in [2.45, 2.75) is 13.3 Å². The van der Waals surface area contributed by atoms with Gasteiger partial charge in [-0.2, -0.15) is 0 Å². The summed E-state index contributed by atoms with van der Waals surface area (Å²) >= 11 is 0. The van der Waals surface area contributed by atoms with Crippen LogP contribution in [0.15, 0.2) is 54.9 Å². The summed E-state index contributed by atoms with van der Waals surface area (Å²) in [7, 11) is 0. The summed E-state index contributed by atoms with van der Waals surface area (Å²) in [6.45, 7) is 2.11. The van der Waals surface area contributed by atoms with Crippen LogP contribution >= 0.6 is 0 Å². The Bertz CT molecular complexity index is 802.